The minimum absolute atomic E-state index is 0.151. The van der Waals surface area contributed by atoms with Gasteiger partial charge in [0.1, 0.15) is 5.76 Å². The Balaban J connectivity index is 1.51. The molecule has 9 heteroatoms. The molecule has 4 aromatic rings. The first-order valence-corrected chi connectivity index (χ1v) is 10.6. The van der Waals surface area contributed by atoms with Crippen LogP contribution in [0.1, 0.15) is 16.9 Å². The quantitative estimate of drug-likeness (QED) is 0.397. The van der Waals surface area contributed by atoms with Gasteiger partial charge in [0, 0.05) is 0 Å². The van der Waals surface area contributed by atoms with Gasteiger partial charge in [0.25, 0.3) is 0 Å². The van der Waals surface area contributed by atoms with Gasteiger partial charge in [-0.25, -0.2) is 0 Å². The molecule has 1 aromatic carbocycles. The Kier molecular flexibility index (Phi) is 5.96. The zero-order valence-electron chi connectivity index (χ0n) is 16.4. The Hall–Kier alpha value is -2.97. The summed E-state index contributed by atoms with van der Waals surface area (Å²) >= 11 is 7.57. The van der Waals surface area contributed by atoms with Crippen molar-refractivity contribution in [2.75, 3.05) is 11.1 Å². The van der Waals surface area contributed by atoms with Gasteiger partial charge in [-0.3, -0.25) is 9.36 Å². The molecular formula is C21H19ClN4O3S. The van der Waals surface area contributed by atoms with Crippen molar-refractivity contribution in [2.45, 2.75) is 25.5 Å². The maximum absolute atomic E-state index is 12.6. The number of amides is 1. The number of halogens is 1. The van der Waals surface area contributed by atoms with Gasteiger partial charge in [-0.1, -0.05) is 29.4 Å². The van der Waals surface area contributed by atoms with Crippen LogP contribution in [0, 0.1) is 13.8 Å². The van der Waals surface area contributed by atoms with Crippen LogP contribution in [0.5, 0.6) is 0 Å². The Morgan fingerprint density at radius 3 is 2.67 bits per heavy atom. The number of carbonyl (C=O) groups is 1. The van der Waals surface area contributed by atoms with Gasteiger partial charge in [0.2, 0.25) is 11.7 Å². The molecule has 0 aliphatic carbocycles. The SMILES string of the molecule is Cc1cc(C)c(NC(=O)CSc2nnc(-c3ccco3)n2Cc2ccco2)c(Cl)c1. The molecule has 0 unspecified atom stereocenters. The van der Waals surface area contributed by atoms with Crippen molar-refractivity contribution < 1.29 is 13.6 Å². The number of furan rings is 2. The number of anilines is 1. The van der Waals surface area contributed by atoms with E-state index in [9.17, 15) is 4.79 Å². The summed E-state index contributed by atoms with van der Waals surface area (Å²) < 4.78 is 12.8. The lowest BCUT2D eigenvalue weighted by Crippen LogP contribution is -2.16. The molecule has 0 spiro atoms. The fourth-order valence-corrected chi connectivity index (χ4v) is 4.17. The zero-order chi connectivity index (χ0) is 21.1. The molecule has 0 bridgehead atoms. The number of benzene rings is 1. The third-order valence-corrected chi connectivity index (χ3v) is 5.65. The molecule has 7 nitrogen and oxygen atoms in total. The Labute approximate surface area is 182 Å². The van der Waals surface area contributed by atoms with E-state index in [1.165, 1.54) is 11.8 Å². The van der Waals surface area contributed by atoms with Crippen LogP contribution in [0.3, 0.4) is 0 Å². The Morgan fingerprint density at radius 1 is 1.17 bits per heavy atom. The summed E-state index contributed by atoms with van der Waals surface area (Å²) in [6, 6.07) is 11.1. The van der Waals surface area contributed by atoms with E-state index < -0.39 is 0 Å². The number of hydrogen-bond acceptors (Lipinski definition) is 6. The van der Waals surface area contributed by atoms with E-state index >= 15 is 0 Å². The van der Waals surface area contributed by atoms with E-state index in [2.05, 4.69) is 15.5 Å². The summed E-state index contributed by atoms with van der Waals surface area (Å²) in [5.41, 5.74) is 2.59. The minimum atomic E-state index is -0.180. The molecule has 0 saturated carbocycles. The molecule has 30 heavy (non-hydrogen) atoms. The topological polar surface area (TPSA) is 86.1 Å². The van der Waals surface area contributed by atoms with Crippen LogP contribution in [0.2, 0.25) is 5.02 Å². The van der Waals surface area contributed by atoms with Crippen molar-refractivity contribution in [3.05, 3.63) is 70.8 Å². The van der Waals surface area contributed by atoms with Gasteiger partial charge >= 0.3 is 0 Å². The summed E-state index contributed by atoms with van der Waals surface area (Å²) in [5.74, 6) is 1.87. The average Bonchev–Trinajstić information content (AvgIpc) is 3.45. The summed E-state index contributed by atoms with van der Waals surface area (Å²) in [4.78, 5) is 12.6. The standard InChI is InChI=1S/C21H19ClN4O3S/c1-13-9-14(2)19(16(22)10-13)23-18(27)12-30-21-25-24-20(17-6-4-8-29-17)26(21)11-15-5-3-7-28-15/h3-10H,11-12H2,1-2H3,(H,23,27). The number of carbonyl (C=O) groups excluding carboxylic acids is 1. The maximum Gasteiger partial charge on any atom is 0.234 e. The normalized spacial score (nSPS) is 11.0. The number of nitrogens with one attached hydrogen (secondary N) is 1. The van der Waals surface area contributed by atoms with Gasteiger partial charge in [0.15, 0.2) is 10.9 Å². The molecule has 1 amide bonds. The van der Waals surface area contributed by atoms with Crippen LogP contribution in [-0.2, 0) is 11.3 Å². The number of aromatic nitrogens is 3. The predicted molar refractivity (Wildman–Crippen MR) is 116 cm³/mol. The summed E-state index contributed by atoms with van der Waals surface area (Å²) in [6.07, 6.45) is 3.19. The number of thioether (sulfide) groups is 1. The molecule has 4 rings (SSSR count). The number of hydrogen-bond donors (Lipinski definition) is 1. The molecule has 1 N–H and O–H groups in total. The molecule has 3 aromatic heterocycles. The van der Waals surface area contributed by atoms with E-state index in [0.29, 0.717) is 34.0 Å². The van der Waals surface area contributed by atoms with Gasteiger partial charge in [-0.05, 0) is 55.3 Å². The second-order valence-electron chi connectivity index (χ2n) is 6.72. The van der Waals surface area contributed by atoms with Gasteiger partial charge in [0.05, 0.1) is 35.5 Å². The Morgan fingerprint density at radius 2 is 1.97 bits per heavy atom. The average molecular weight is 443 g/mol. The van der Waals surface area contributed by atoms with Gasteiger partial charge in [-0.2, -0.15) is 0 Å². The summed E-state index contributed by atoms with van der Waals surface area (Å²) in [7, 11) is 0. The predicted octanol–water partition coefficient (Wildman–Crippen LogP) is 5.18. The van der Waals surface area contributed by atoms with Crippen molar-refractivity contribution in [2.24, 2.45) is 0 Å². The fourth-order valence-electron chi connectivity index (χ4n) is 3.06. The van der Waals surface area contributed by atoms with Crippen LogP contribution in [-0.4, -0.2) is 26.4 Å². The van der Waals surface area contributed by atoms with E-state index in [1.807, 2.05) is 48.7 Å². The summed E-state index contributed by atoms with van der Waals surface area (Å²) in [6.45, 7) is 4.29. The van der Waals surface area contributed by atoms with E-state index in [1.54, 1.807) is 18.6 Å². The van der Waals surface area contributed by atoms with E-state index in [4.69, 9.17) is 20.4 Å². The molecule has 0 aliphatic rings. The highest BCUT2D eigenvalue weighted by Crippen LogP contribution is 2.29. The highest BCUT2D eigenvalue weighted by molar-refractivity contribution is 7.99. The highest BCUT2D eigenvalue weighted by Gasteiger charge is 2.19. The number of nitrogens with zero attached hydrogens (tertiary/aromatic N) is 3. The molecule has 3 heterocycles. The number of aryl methyl sites for hydroxylation is 2. The van der Waals surface area contributed by atoms with Crippen LogP contribution < -0.4 is 5.32 Å². The lowest BCUT2D eigenvalue weighted by molar-refractivity contribution is -0.113. The van der Waals surface area contributed by atoms with Crippen molar-refractivity contribution in [1.82, 2.24) is 14.8 Å². The van der Waals surface area contributed by atoms with E-state index in [-0.39, 0.29) is 11.7 Å². The fraction of sp³-hybridized carbons (Fsp3) is 0.190. The van der Waals surface area contributed by atoms with Crippen LogP contribution >= 0.6 is 23.4 Å². The molecule has 0 fully saturated rings. The third-order valence-electron chi connectivity index (χ3n) is 4.38. The molecular weight excluding hydrogens is 424 g/mol. The molecule has 0 aliphatic heterocycles. The van der Waals surface area contributed by atoms with Gasteiger partial charge < -0.3 is 14.2 Å². The largest absolute Gasteiger partial charge is 0.467 e. The van der Waals surface area contributed by atoms with Gasteiger partial charge in [-0.15, -0.1) is 10.2 Å². The van der Waals surface area contributed by atoms with Crippen LogP contribution in [0.15, 0.2) is 62.9 Å². The van der Waals surface area contributed by atoms with Crippen molar-refractivity contribution in [3.63, 3.8) is 0 Å². The molecule has 0 radical (unpaired) electrons. The lowest BCUT2D eigenvalue weighted by Gasteiger charge is -2.12. The van der Waals surface area contributed by atoms with Crippen LogP contribution in [0.4, 0.5) is 5.69 Å². The zero-order valence-corrected chi connectivity index (χ0v) is 18.0. The highest BCUT2D eigenvalue weighted by atomic mass is 35.5. The van der Waals surface area contributed by atoms with E-state index in [0.717, 1.165) is 16.9 Å². The minimum Gasteiger partial charge on any atom is -0.467 e. The van der Waals surface area contributed by atoms with Crippen molar-refractivity contribution in [3.8, 4) is 11.6 Å². The second-order valence-corrected chi connectivity index (χ2v) is 8.07. The Bertz CT molecular complexity index is 1130. The van der Waals surface area contributed by atoms with Crippen LogP contribution in [0.25, 0.3) is 11.6 Å². The third kappa shape index (κ3) is 4.44. The smallest absolute Gasteiger partial charge is 0.234 e. The van der Waals surface area contributed by atoms with Crippen molar-refractivity contribution in [1.29, 1.82) is 0 Å². The summed E-state index contributed by atoms with van der Waals surface area (Å²) in [5, 5.41) is 12.5. The molecule has 0 atom stereocenters. The first kappa shape index (κ1) is 20.3. The van der Waals surface area contributed by atoms with Crippen molar-refractivity contribution >= 4 is 35.0 Å². The maximum atomic E-state index is 12.6. The molecule has 0 saturated heterocycles. The lowest BCUT2D eigenvalue weighted by atomic mass is 10.1. The number of rotatable bonds is 7. The monoisotopic (exact) mass is 442 g/mol. The first-order chi connectivity index (χ1) is 14.5. The first-order valence-electron chi connectivity index (χ1n) is 9.20. The molecule has 154 valence electrons. The second kappa shape index (κ2) is 8.81.